The summed E-state index contributed by atoms with van der Waals surface area (Å²) < 4.78 is 7.81. The van der Waals surface area contributed by atoms with Crippen LogP contribution in [0.15, 0.2) is 46.0 Å². The van der Waals surface area contributed by atoms with Crippen LogP contribution in [0, 0.1) is 13.8 Å². The van der Waals surface area contributed by atoms with E-state index in [1.165, 1.54) is 11.1 Å². The van der Waals surface area contributed by atoms with Crippen LogP contribution in [0.1, 0.15) is 42.5 Å². The van der Waals surface area contributed by atoms with Crippen LogP contribution in [0.2, 0.25) is 0 Å². The lowest BCUT2D eigenvalue weighted by Gasteiger charge is -2.35. The largest absolute Gasteiger partial charge is 0.373 e. The van der Waals surface area contributed by atoms with Gasteiger partial charge in [-0.05, 0) is 74.9 Å². The molecule has 0 saturated carbocycles. The maximum Gasteiger partial charge on any atom is 0.349 e. The molecule has 0 bridgehead atoms. The van der Waals surface area contributed by atoms with Gasteiger partial charge in [0.2, 0.25) is 0 Å². The van der Waals surface area contributed by atoms with Gasteiger partial charge in [-0.15, -0.1) is 0 Å². The van der Waals surface area contributed by atoms with E-state index in [1.54, 1.807) is 0 Å². The lowest BCUT2D eigenvalue weighted by Crippen LogP contribution is -2.44. The summed E-state index contributed by atoms with van der Waals surface area (Å²) >= 11 is 0. The minimum Gasteiger partial charge on any atom is -0.373 e. The molecule has 0 spiro atoms. The number of nitrogens with zero attached hydrogens (tertiary/aromatic N) is 4. The first-order valence-electron chi connectivity index (χ1n) is 12.6. The van der Waals surface area contributed by atoms with Crippen LogP contribution in [0.4, 0.5) is 0 Å². The average Bonchev–Trinajstić information content (AvgIpc) is 2.81. The predicted molar refractivity (Wildman–Crippen MR) is 141 cm³/mol. The number of ether oxygens (including phenoxy) is 1. The van der Waals surface area contributed by atoms with Gasteiger partial charge in [-0.2, -0.15) is 4.98 Å². The second-order valence-corrected chi connectivity index (χ2v) is 10.1. The molecule has 2 aromatic rings. The number of H-pyrrole nitrogens is 1. The van der Waals surface area contributed by atoms with Gasteiger partial charge in [0.25, 0.3) is 5.56 Å². The summed E-state index contributed by atoms with van der Waals surface area (Å²) in [7, 11) is 0. The maximum absolute atomic E-state index is 12.5. The van der Waals surface area contributed by atoms with Crippen molar-refractivity contribution < 1.29 is 4.74 Å². The van der Waals surface area contributed by atoms with Gasteiger partial charge in [0.05, 0.1) is 23.2 Å². The third kappa shape index (κ3) is 5.10. The van der Waals surface area contributed by atoms with Gasteiger partial charge in [-0.1, -0.05) is 24.3 Å². The molecule has 0 aliphatic carbocycles. The van der Waals surface area contributed by atoms with Crippen LogP contribution in [-0.2, 0) is 24.2 Å². The monoisotopic (exact) mass is 487 g/mol. The highest BCUT2D eigenvalue weighted by Gasteiger charge is 2.22. The van der Waals surface area contributed by atoms with Crippen LogP contribution in [0.5, 0.6) is 0 Å². The molecule has 8 nitrogen and oxygen atoms in total. The molecule has 2 unspecified atom stereocenters. The van der Waals surface area contributed by atoms with E-state index in [-0.39, 0.29) is 17.9 Å². The van der Waals surface area contributed by atoms with Crippen molar-refractivity contribution in [1.29, 1.82) is 0 Å². The highest BCUT2D eigenvalue weighted by atomic mass is 16.5. The van der Waals surface area contributed by atoms with Crippen LogP contribution < -0.4 is 11.2 Å². The van der Waals surface area contributed by atoms with Crippen LogP contribution in [-0.4, -0.2) is 49.7 Å². The number of hydrogen-bond acceptors (Lipinski definition) is 6. The first kappa shape index (κ1) is 24.3. The number of fused-ring (bicyclic) bond motifs is 2. The second-order valence-electron chi connectivity index (χ2n) is 10.1. The van der Waals surface area contributed by atoms with Crippen LogP contribution in [0.3, 0.4) is 0 Å². The van der Waals surface area contributed by atoms with E-state index in [4.69, 9.17) is 4.74 Å². The van der Waals surface area contributed by atoms with Crippen molar-refractivity contribution in [2.24, 2.45) is 0 Å². The summed E-state index contributed by atoms with van der Waals surface area (Å²) in [6.07, 6.45) is 2.25. The number of aryl methyl sites for hydroxylation is 4. The van der Waals surface area contributed by atoms with E-state index in [1.807, 2.05) is 24.5 Å². The highest BCUT2D eigenvalue weighted by Crippen LogP contribution is 2.24. The zero-order valence-corrected chi connectivity index (χ0v) is 21.4. The Morgan fingerprint density at radius 2 is 1.64 bits per heavy atom. The summed E-state index contributed by atoms with van der Waals surface area (Å²) in [6, 6.07) is 12.9. The number of aromatic nitrogens is 4. The van der Waals surface area contributed by atoms with Gasteiger partial charge in [-0.25, -0.2) is 9.78 Å². The fraction of sp³-hybridized carbons (Fsp3) is 0.429. The SMILES string of the molecule is Cc1cc2nc3c(=O)[nH]c(=O)nc-3n(CCCc3ccc(CN4CC(C)OC(C)C4)cc3)c2cc1C. The zero-order valence-electron chi connectivity index (χ0n) is 21.4. The molecule has 1 fully saturated rings. The van der Waals surface area contributed by atoms with Crippen LogP contribution >= 0.6 is 0 Å². The van der Waals surface area contributed by atoms with Crippen molar-refractivity contribution in [3.8, 4) is 11.5 Å². The molecule has 3 aliphatic rings. The van der Waals surface area contributed by atoms with Crippen molar-refractivity contribution in [2.75, 3.05) is 13.1 Å². The molecule has 1 saturated heterocycles. The molecule has 2 aromatic carbocycles. The number of morpholine rings is 1. The quantitative estimate of drug-likeness (QED) is 0.419. The molecule has 0 radical (unpaired) electrons. The van der Waals surface area contributed by atoms with Crippen LogP contribution in [0.25, 0.3) is 22.6 Å². The Bertz CT molecular complexity index is 1460. The lowest BCUT2D eigenvalue weighted by atomic mass is 10.1. The Hall–Kier alpha value is -3.36. The predicted octanol–water partition coefficient (Wildman–Crippen LogP) is 3.44. The summed E-state index contributed by atoms with van der Waals surface area (Å²) in [5.74, 6) is 0.337. The van der Waals surface area contributed by atoms with Crippen molar-refractivity contribution in [1.82, 2.24) is 24.4 Å². The van der Waals surface area contributed by atoms with Gasteiger partial charge >= 0.3 is 5.69 Å². The van der Waals surface area contributed by atoms with Crippen molar-refractivity contribution in [2.45, 2.75) is 65.8 Å². The van der Waals surface area contributed by atoms with Gasteiger partial charge in [0.15, 0.2) is 11.5 Å². The van der Waals surface area contributed by atoms with Gasteiger partial charge in [0.1, 0.15) is 0 Å². The van der Waals surface area contributed by atoms with Crippen molar-refractivity contribution in [3.05, 3.63) is 79.5 Å². The molecular weight excluding hydrogens is 454 g/mol. The first-order valence-corrected chi connectivity index (χ1v) is 12.6. The third-order valence-electron chi connectivity index (χ3n) is 7.00. The first-order chi connectivity index (χ1) is 17.3. The Morgan fingerprint density at radius 1 is 0.972 bits per heavy atom. The van der Waals surface area contributed by atoms with E-state index >= 15 is 0 Å². The summed E-state index contributed by atoms with van der Waals surface area (Å²) in [5.41, 5.74) is 5.45. The fourth-order valence-electron chi connectivity index (χ4n) is 5.20. The molecule has 8 heteroatoms. The smallest absolute Gasteiger partial charge is 0.349 e. The fourth-order valence-corrected chi connectivity index (χ4v) is 5.20. The molecule has 5 rings (SSSR count). The van der Waals surface area contributed by atoms with E-state index < -0.39 is 11.2 Å². The van der Waals surface area contributed by atoms with E-state index in [0.717, 1.165) is 54.6 Å². The molecule has 3 aliphatic heterocycles. The molecule has 188 valence electrons. The van der Waals surface area contributed by atoms with Crippen molar-refractivity contribution >= 4 is 11.0 Å². The lowest BCUT2D eigenvalue weighted by molar-refractivity contribution is -0.0704. The number of nitrogens with one attached hydrogen (secondary N) is 1. The Balaban J connectivity index is 1.34. The van der Waals surface area contributed by atoms with Crippen molar-refractivity contribution in [3.63, 3.8) is 0 Å². The minimum absolute atomic E-state index is 0.196. The zero-order chi connectivity index (χ0) is 25.4. The van der Waals surface area contributed by atoms with E-state index in [2.05, 4.69) is 64.0 Å². The third-order valence-corrected chi connectivity index (χ3v) is 7.00. The molecule has 0 amide bonds. The Labute approximate surface area is 210 Å². The molecular formula is C28H33N5O3. The second kappa shape index (κ2) is 9.95. The maximum atomic E-state index is 12.5. The van der Waals surface area contributed by atoms with Gasteiger partial charge < -0.3 is 9.30 Å². The minimum atomic E-state index is -0.647. The topological polar surface area (TPSA) is 93.1 Å². The highest BCUT2D eigenvalue weighted by molar-refractivity contribution is 5.81. The van der Waals surface area contributed by atoms with Gasteiger partial charge in [0, 0.05) is 26.2 Å². The summed E-state index contributed by atoms with van der Waals surface area (Å²) in [6.45, 7) is 11.8. The molecule has 0 aromatic heterocycles. The normalized spacial score (nSPS) is 18.8. The van der Waals surface area contributed by atoms with Gasteiger partial charge in [-0.3, -0.25) is 14.7 Å². The van der Waals surface area contributed by atoms with E-state index in [0.29, 0.717) is 12.4 Å². The Morgan fingerprint density at radius 3 is 2.36 bits per heavy atom. The molecule has 36 heavy (non-hydrogen) atoms. The number of aromatic amines is 1. The molecule has 1 N–H and O–H groups in total. The van der Waals surface area contributed by atoms with E-state index in [9.17, 15) is 9.59 Å². The number of hydrogen-bond donors (Lipinski definition) is 1. The number of rotatable bonds is 6. The number of benzene rings is 2. The molecule has 3 heterocycles. The Kier molecular flexibility index (Phi) is 6.73. The average molecular weight is 488 g/mol. The summed E-state index contributed by atoms with van der Waals surface area (Å²) in [5, 5.41) is 0. The summed E-state index contributed by atoms with van der Waals surface area (Å²) in [4.78, 5) is 37.8. The standard InChI is InChI=1S/C28H33N5O3/c1-17-12-23-24(13-18(17)2)33(26-25(29-23)27(34)31-28(35)30-26)11-5-6-21-7-9-22(10-8-21)16-32-14-19(3)36-20(4)15-32/h7-10,12-13,19-20H,5-6,11,14-16H2,1-4H3,(H,31,34,35). The molecule has 2 atom stereocenters.